The average Bonchev–Trinajstić information content (AvgIpc) is 2.52. The van der Waals surface area contributed by atoms with Crippen LogP contribution in [0.5, 0.6) is 0 Å². The molecule has 1 aromatic carbocycles. The van der Waals surface area contributed by atoms with Crippen LogP contribution in [-0.4, -0.2) is 29.0 Å². The molecule has 1 aromatic heterocycles. The summed E-state index contributed by atoms with van der Waals surface area (Å²) in [7, 11) is 0. The van der Waals surface area contributed by atoms with Gasteiger partial charge in [0.05, 0.1) is 0 Å². The van der Waals surface area contributed by atoms with Crippen LogP contribution in [-0.2, 0) is 4.79 Å². The van der Waals surface area contributed by atoms with E-state index in [1.807, 2.05) is 30.3 Å². The normalized spacial score (nSPS) is 10.0. The van der Waals surface area contributed by atoms with Crippen molar-refractivity contribution >= 4 is 17.5 Å². The molecule has 0 atom stereocenters. The van der Waals surface area contributed by atoms with Gasteiger partial charge in [0.2, 0.25) is 5.91 Å². The van der Waals surface area contributed by atoms with E-state index in [-0.39, 0.29) is 5.91 Å². The third-order valence-electron chi connectivity index (χ3n) is 2.71. The molecule has 7 nitrogen and oxygen atoms in total. The molecule has 0 radical (unpaired) electrons. The quantitative estimate of drug-likeness (QED) is 0.358. The Kier molecular flexibility index (Phi) is 5.05. The van der Waals surface area contributed by atoms with Crippen LogP contribution in [0.2, 0.25) is 0 Å². The molecule has 0 fully saturated rings. The van der Waals surface area contributed by atoms with E-state index < -0.39 is 0 Å². The second-order valence-corrected chi connectivity index (χ2v) is 4.38. The van der Waals surface area contributed by atoms with E-state index in [0.29, 0.717) is 30.5 Å². The van der Waals surface area contributed by atoms with E-state index in [2.05, 4.69) is 26.0 Å². The van der Waals surface area contributed by atoms with Crippen molar-refractivity contribution in [1.29, 1.82) is 0 Å². The van der Waals surface area contributed by atoms with E-state index in [4.69, 9.17) is 5.84 Å². The first-order chi connectivity index (χ1) is 10.2. The fourth-order valence-electron chi connectivity index (χ4n) is 1.76. The average molecular weight is 286 g/mol. The number of nitrogens with zero attached hydrogens (tertiary/aromatic N) is 2. The molecule has 0 saturated heterocycles. The minimum absolute atomic E-state index is 0.0613. The SMILES string of the molecule is CC(=O)NCCNc1cc(NN)nc(-c2ccccc2)n1. The van der Waals surface area contributed by atoms with Gasteiger partial charge in [-0.2, -0.15) is 0 Å². The number of anilines is 2. The zero-order chi connectivity index (χ0) is 15.1. The summed E-state index contributed by atoms with van der Waals surface area (Å²) in [6, 6.07) is 11.3. The molecule has 21 heavy (non-hydrogen) atoms. The van der Waals surface area contributed by atoms with E-state index in [9.17, 15) is 4.79 Å². The van der Waals surface area contributed by atoms with Crippen LogP contribution in [0.25, 0.3) is 11.4 Å². The number of benzene rings is 1. The topological polar surface area (TPSA) is 105 Å². The van der Waals surface area contributed by atoms with E-state index in [0.717, 1.165) is 5.56 Å². The first-order valence-electron chi connectivity index (χ1n) is 6.58. The second kappa shape index (κ2) is 7.20. The summed E-state index contributed by atoms with van der Waals surface area (Å²) in [6.45, 7) is 2.56. The maximum absolute atomic E-state index is 10.8. The molecule has 1 heterocycles. The summed E-state index contributed by atoms with van der Waals surface area (Å²) >= 11 is 0. The molecule has 7 heteroatoms. The maximum atomic E-state index is 10.8. The van der Waals surface area contributed by atoms with Gasteiger partial charge < -0.3 is 16.1 Å². The minimum Gasteiger partial charge on any atom is -0.368 e. The molecule has 110 valence electrons. The van der Waals surface area contributed by atoms with Crippen LogP contribution in [0, 0.1) is 0 Å². The van der Waals surface area contributed by atoms with Gasteiger partial charge in [-0.25, -0.2) is 15.8 Å². The van der Waals surface area contributed by atoms with E-state index in [1.54, 1.807) is 6.07 Å². The smallest absolute Gasteiger partial charge is 0.216 e. The lowest BCUT2D eigenvalue weighted by molar-refractivity contribution is -0.118. The van der Waals surface area contributed by atoms with Crippen LogP contribution < -0.4 is 21.9 Å². The number of carbonyl (C=O) groups excluding carboxylic acids is 1. The Morgan fingerprint density at radius 2 is 1.86 bits per heavy atom. The number of hydrogen-bond acceptors (Lipinski definition) is 6. The molecule has 0 aliphatic heterocycles. The summed E-state index contributed by atoms with van der Waals surface area (Å²) in [5.41, 5.74) is 3.43. The second-order valence-electron chi connectivity index (χ2n) is 4.38. The van der Waals surface area contributed by atoms with Gasteiger partial charge in [0, 0.05) is 31.6 Å². The van der Waals surface area contributed by atoms with Crippen LogP contribution in [0.3, 0.4) is 0 Å². The molecule has 0 bridgehead atoms. The number of aromatic nitrogens is 2. The van der Waals surface area contributed by atoms with Crippen molar-refractivity contribution in [3.05, 3.63) is 36.4 Å². The molecular formula is C14H18N6O. The predicted octanol–water partition coefficient (Wildman–Crippen LogP) is 0.977. The first-order valence-corrected chi connectivity index (χ1v) is 6.58. The minimum atomic E-state index is -0.0613. The molecule has 0 aliphatic carbocycles. The Labute approximate surface area is 123 Å². The Hall–Kier alpha value is -2.67. The summed E-state index contributed by atoms with van der Waals surface area (Å²) < 4.78 is 0. The first kappa shape index (κ1) is 14.7. The third kappa shape index (κ3) is 4.43. The Morgan fingerprint density at radius 1 is 1.14 bits per heavy atom. The van der Waals surface area contributed by atoms with E-state index in [1.165, 1.54) is 6.92 Å². The Morgan fingerprint density at radius 3 is 2.52 bits per heavy atom. The zero-order valence-electron chi connectivity index (χ0n) is 11.8. The number of nitrogens with two attached hydrogens (primary N) is 1. The molecule has 0 unspecified atom stereocenters. The zero-order valence-corrected chi connectivity index (χ0v) is 11.8. The summed E-state index contributed by atoms with van der Waals surface area (Å²) in [5, 5.41) is 5.83. The van der Waals surface area contributed by atoms with Crippen LogP contribution in [0.15, 0.2) is 36.4 Å². The van der Waals surface area contributed by atoms with E-state index >= 15 is 0 Å². The van der Waals surface area contributed by atoms with Gasteiger partial charge in [0.25, 0.3) is 0 Å². The lowest BCUT2D eigenvalue weighted by Crippen LogP contribution is -2.26. The van der Waals surface area contributed by atoms with Crippen molar-refractivity contribution in [1.82, 2.24) is 15.3 Å². The van der Waals surface area contributed by atoms with Gasteiger partial charge in [-0.15, -0.1) is 0 Å². The molecule has 0 saturated carbocycles. The highest BCUT2D eigenvalue weighted by Crippen LogP contribution is 2.19. The molecule has 2 aromatic rings. The van der Waals surface area contributed by atoms with Gasteiger partial charge in [-0.05, 0) is 0 Å². The van der Waals surface area contributed by atoms with Crippen molar-refractivity contribution in [3.8, 4) is 11.4 Å². The van der Waals surface area contributed by atoms with Crippen molar-refractivity contribution in [2.75, 3.05) is 23.8 Å². The maximum Gasteiger partial charge on any atom is 0.216 e. The largest absolute Gasteiger partial charge is 0.368 e. The number of nitrogen functional groups attached to an aromatic ring is 1. The fourth-order valence-corrected chi connectivity index (χ4v) is 1.76. The summed E-state index contributed by atoms with van der Waals surface area (Å²) in [5.74, 6) is 7.11. The van der Waals surface area contributed by atoms with Gasteiger partial charge in [0.15, 0.2) is 5.82 Å². The standard InChI is InChI=1S/C14H18N6O/c1-10(21)16-7-8-17-12-9-13(20-15)19-14(18-12)11-5-3-2-4-6-11/h2-6,9H,7-8,15H2,1H3,(H,16,21)(H2,17,18,19,20). The molecule has 5 N–H and O–H groups in total. The van der Waals surface area contributed by atoms with Crippen LogP contribution in [0.1, 0.15) is 6.92 Å². The van der Waals surface area contributed by atoms with Crippen molar-refractivity contribution < 1.29 is 4.79 Å². The highest BCUT2D eigenvalue weighted by Gasteiger charge is 2.06. The van der Waals surface area contributed by atoms with Crippen molar-refractivity contribution in [3.63, 3.8) is 0 Å². The monoisotopic (exact) mass is 286 g/mol. The predicted molar refractivity (Wildman–Crippen MR) is 82.5 cm³/mol. The fraction of sp³-hybridized carbons (Fsp3) is 0.214. The van der Waals surface area contributed by atoms with Crippen LogP contribution >= 0.6 is 0 Å². The molecular weight excluding hydrogens is 268 g/mol. The van der Waals surface area contributed by atoms with Gasteiger partial charge in [-0.3, -0.25) is 4.79 Å². The van der Waals surface area contributed by atoms with Crippen molar-refractivity contribution in [2.24, 2.45) is 5.84 Å². The number of hydrogen-bond donors (Lipinski definition) is 4. The molecule has 2 rings (SSSR count). The number of carbonyl (C=O) groups is 1. The Balaban J connectivity index is 2.12. The molecule has 1 amide bonds. The summed E-state index contributed by atoms with van der Waals surface area (Å²) in [4.78, 5) is 19.6. The van der Waals surface area contributed by atoms with Gasteiger partial charge >= 0.3 is 0 Å². The summed E-state index contributed by atoms with van der Waals surface area (Å²) in [6.07, 6.45) is 0. The Bertz CT molecular complexity index is 602. The number of rotatable bonds is 6. The number of hydrazine groups is 1. The molecule has 0 aliphatic rings. The number of amides is 1. The lowest BCUT2D eigenvalue weighted by atomic mass is 10.2. The van der Waals surface area contributed by atoms with Crippen molar-refractivity contribution in [2.45, 2.75) is 6.92 Å². The lowest BCUT2D eigenvalue weighted by Gasteiger charge is -2.10. The highest BCUT2D eigenvalue weighted by atomic mass is 16.1. The van der Waals surface area contributed by atoms with Crippen LogP contribution in [0.4, 0.5) is 11.6 Å². The highest BCUT2D eigenvalue weighted by molar-refractivity contribution is 5.72. The van der Waals surface area contributed by atoms with Gasteiger partial charge in [0.1, 0.15) is 11.6 Å². The molecule has 0 spiro atoms. The number of nitrogens with one attached hydrogen (secondary N) is 3. The van der Waals surface area contributed by atoms with Gasteiger partial charge in [-0.1, -0.05) is 30.3 Å². The third-order valence-corrected chi connectivity index (χ3v) is 2.71.